The van der Waals surface area contributed by atoms with E-state index in [-0.39, 0.29) is 0 Å². The van der Waals surface area contributed by atoms with Crippen LogP contribution in [0.5, 0.6) is 0 Å². The molecule has 0 aliphatic carbocycles. The summed E-state index contributed by atoms with van der Waals surface area (Å²) >= 11 is 0. The molecule has 1 aromatic heterocycles. The maximum Gasteiger partial charge on any atom is 0.128 e. The number of aromatic nitrogens is 1. The van der Waals surface area contributed by atoms with Crippen LogP contribution in [0.1, 0.15) is 38.7 Å². The fourth-order valence-corrected chi connectivity index (χ4v) is 2.68. The molecule has 0 amide bonds. The summed E-state index contributed by atoms with van der Waals surface area (Å²) in [5.41, 5.74) is 7.20. The zero-order valence-corrected chi connectivity index (χ0v) is 10.9. The van der Waals surface area contributed by atoms with Crippen LogP contribution in [0.3, 0.4) is 0 Å². The molecule has 2 heterocycles. The van der Waals surface area contributed by atoms with E-state index in [1.54, 1.807) is 0 Å². The summed E-state index contributed by atoms with van der Waals surface area (Å²) in [5.74, 6) is 1.10. The molecule has 94 valence electrons. The number of pyridine rings is 1. The molecule has 3 heteroatoms. The lowest BCUT2D eigenvalue weighted by atomic mass is 9.82. The van der Waals surface area contributed by atoms with Crippen LogP contribution in [-0.4, -0.2) is 18.1 Å². The van der Waals surface area contributed by atoms with E-state index in [1.165, 1.54) is 19.3 Å². The van der Waals surface area contributed by atoms with E-state index < -0.39 is 0 Å². The molecular weight excluding hydrogens is 210 g/mol. The van der Waals surface area contributed by atoms with Crippen LogP contribution < -0.4 is 10.6 Å². The highest BCUT2D eigenvalue weighted by molar-refractivity contribution is 5.41. The molecule has 0 unspecified atom stereocenters. The van der Waals surface area contributed by atoms with Gasteiger partial charge in [0.1, 0.15) is 5.82 Å². The SMILES string of the molecule is CCC1(CC)CCN(c2ccc(CN)cn2)C1. The molecule has 0 radical (unpaired) electrons. The van der Waals surface area contributed by atoms with Gasteiger partial charge in [-0.25, -0.2) is 4.98 Å². The lowest BCUT2D eigenvalue weighted by Gasteiger charge is -2.26. The van der Waals surface area contributed by atoms with Gasteiger partial charge in [-0.05, 0) is 36.3 Å². The molecule has 2 rings (SSSR count). The van der Waals surface area contributed by atoms with Crippen molar-refractivity contribution in [3.63, 3.8) is 0 Å². The Bertz CT molecular complexity index is 354. The minimum absolute atomic E-state index is 0.508. The van der Waals surface area contributed by atoms with Crippen molar-refractivity contribution in [2.45, 2.75) is 39.7 Å². The first-order chi connectivity index (χ1) is 8.23. The van der Waals surface area contributed by atoms with E-state index in [2.05, 4.69) is 35.9 Å². The number of nitrogens with two attached hydrogens (primary N) is 1. The van der Waals surface area contributed by atoms with E-state index in [1.807, 2.05) is 6.20 Å². The Kier molecular flexibility index (Phi) is 3.67. The van der Waals surface area contributed by atoms with E-state index >= 15 is 0 Å². The van der Waals surface area contributed by atoms with Gasteiger partial charge >= 0.3 is 0 Å². The number of hydrogen-bond acceptors (Lipinski definition) is 3. The van der Waals surface area contributed by atoms with E-state index in [0.29, 0.717) is 12.0 Å². The Hall–Kier alpha value is -1.09. The number of anilines is 1. The van der Waals surface area contributed by atoms with Gasteiger partial charge in [-0.2, -0.15) is 0 Å². The summed E-state index contributed by atoms with van der Waals surface area (Å²) < 4.78 is 0. The predicted molar refractivity (Wildman–Crippen MR) is 72.0 cm³/mol. The van der Waals surface area contributed by atoms with Crippen molar-refractivity contribution in [3.8, 4) is 0 Å². The molecule has 0 saturated carbocycles. The second-order valence-electron chi connectivity index (χ2n) is 5.11. The van der Waals surface area contributed by atoms with Crippen LogP contribution >= 0.6 is 0 Å². The van der Waals surface area contributed by atoms with Gasteiger partial charge in [0.2, 0.25) is 0 Å². The molecule has 0 spiro atoms. The van der Waals surface area contributed by atoms with Crippen LogP contribution in [0.4, 0.5) is 5.82 Å². The van der Waals surface area contributed by atoms with Crippen LogP contribution in [0.2, 0.25) is 0 Å². The standard InChI is InChI=1S/C14H23N3/c1-3-14(4-2)7-8-17(11-14)13-6-5-12(9-15)10-16-13/h5-6,10H,3-4,7-9,11,15H2,1-2H3. The zero-order chi connectivity index (χ0) is 12.3. The van der Waals surface area contributed by atoms with Crippen molar-refractivity contribution in [3.05, 3.63) is 23.9 Å². The lowest BCUT2D eigenvalue weighted by Crippen LogP contribution is -2.26. The van der Waals surface area contributed by atoms with E-state index in [9.17, 15) is 0 Å². The number of hydrogen-bond donors (Lipinski definition) is 1. The highest BCUT2D eigenvalue weighted by Crippen LogP contribution is 2.38. The largest absolute Gasteiger partial charge is 0.356 e. The van der Waals surface area contributed by atoms with Gasteiger partial charge in [-0.3, -0.25) is 0 Å². The third kappa shape index (κ3) is 2.44. The molecule has 1 aliphatic rings. The van der Waals surface area contributed by atoms with Gasteiger partial charge in [0.15, 0.2) is 0 Å². The second-order valence-corrected chi connectivity index (χ2v) is 5.11. The molecule has 0 bridgehead atoms. The third-order valence-electron chi connectivity index (χ3n) is 4.31. The predicted octanol–water partition coefficient (Wildman–Crippen LogP) is 2.56. The van der Waals surface area contributed by atoms with Crippen molar-refractivity contribution in [2.24, 2.45) is 11.1 Å². The van der Waals surface area contributed by atoms with Gasteiger partial charge < -0.3 is 10.6 Å². The maximum absolute atomic E-state index is 5.59. The minimum Gasteiger partial charge on any atom is -0.356 e. The molecule has 1 saturated heterocycles. The molecule has 0 atom stereocenters. The fraction of sp³-hybridized carbons (Fsp3) is 0.643. The molecule has 3 nitrogen and oxygen atoms in total. The normalized spacial score (nSPS) is 18.6. The molecule has 1 aromatic rings. The van der Waals surface area contributed by atoms with Crippen LogP contribution in [0, 0.1) is 5.41 Å². The fourth-order valence-electron chi connectivity index (χ4n) is 2.68. The third-order valence-corrected chi connectivity index (χ3v) is 4.31. The average molecular weight is 233 g/mol. The van der Waals surface area contributed by atoms with Gasteiger partial charge in [0.05, 0.1) is 0 Å². The highest BCUT2D eigenvalue weighted by Gasteiger charge is 2.35. The van der Waals surface area contributed by atoms with Crippen molar-refractivity contribution < 1.29 is 0 Å². The molecular formula is C14H23N3. The summed E-state index contributed by atoms with van der Waals surface area (Å²) in [6.45, 7) is 7.46. The first kappa shape index (κ1) is 12.4. The van der Waals surface area contributed by atoms with E-state index in [0.717, 1.165) is 24.5 Å². The van der Waals surface area contributed by atoms with Crippen molar-refractivity contribution in [2.75, 3.05) is 18.0 Å². The minimum atomic E-state index is 0.508. The van der Waals surface area contributed by atoms with Gasteiger partial charge in [-0.1, -0.05) is 19.9 Å². The van der Waals surface area contributed by atoms with Crippen molar-refractivity contribution in [1.82, 2.24) is 4.98 Å². The lowest BCUT2D eigenvalue weighted by molar-refractivity contribution is 0.301. The summed E-state index contributed by atoms with van der Waals surface area (Å²) in [5, 5.41) is 0. The quantitative estimate of drug-likeness (QED) is 0.869. The number of rotatable bonds is 4. The van der Waals surface area contributed by atoms with Gasteiger partial charge in [0, 0.05) is 25.8 Å². The first-order valence-electron chi connectivity index (χ1n) is 6.63. The van der Waals surface area contributed by atoms with Crippen LogP contribution in [0.25, 0.3) is 0 Å². The molecule has 2 N–H and O–H groups in total. The van der Waals surface area contributed by atoms with Crippen LogP contribution in [-0.2, 0) is 6.54 Å². The smallest absolute Gasteiger partial charge is 0.128 e. The topological polar surface area (TPSA) is 42.1 Å². The molecule has 0 aromatic carbocycles. The van der Waals surface area contributed by atoms with Crippen LogP contribution in [0.15, 0.2) is 18.3 Å². The Morgan fingerprint density at radius 1 is 1.35 bits per heavy atom. The highest BCUT2D eigenvalue weighted by atomic mass is 15.2. The monoisotopic (exact) mass is 233 g/mol. The molecule has 1 fully saturated rings. The Labute approximate surface area is 104 Å². The Morgan fingerprint density at radius 2 is 2.12 bits per heavy atom. The van der Waals surface area contributed by atoms with Crippen molar-refractivity contribution >= 4 is 5.82 Å². The summed E-state index contributed by atoms with van der Waals surface area (Å²) in [7, 11) is 0. The Morgan fingerprint density at radius 3 is 2.59 bits per heavy atom. The second kappa shape index (κ2) is 5.05. The average Bonchev–Trinajstić information content (AvgIpc) is 2.84. The van der Waals surface area contributed by atoms with E-state index in [4.69, 9.17) is 5.73 Å². The van der Waals surface area contributed by atoms with Crippen molar-refractivity contribution in [1.29, 1.82) is 0 Å². The Balaban J connectivity index is 2.09. The summed E-state index contributed by atoms with van der Waals surface area (Å²) in [4.78, 5) is 6.92. The first-order valence-corrected chi connectivity index (χ1v) is 6.63. The summed E-state index contributed by atoms with van der Waals surface area (Å²) in [6, 6.07) is 4.18. The summed E-state index contributed by atoms with van der Waals surface area (Å²) in [6.07, 6.45) is 5.72. The zero-order valence-electron chi connectivity index (χ0n) is 10.9. The number of nitrogens with zero attached hydrogens (tertiary/aromatic N) is 2. The maximum atomic E-state index is 5.59. The molecule has 1 aliphatic heterocycles. The molecule has 17 heavy (non-hydrogen) atoms. The van der Waals surface area contributed by atoms with Gasteiger partial charge in [0.25, 0.3) is 0 Å². The van der Waals surface area contributed by atoms with Gasteiger partial charge in [-0.15, -0.1) is 0 Å².